The van der Waals surface area contributed by atoms with Gasteiger partial charge in [0.1, 0.15) is 11.6 Å². The molecule has 5 nitrogen and oxygen atoms in total. The molecule has 0 atom stereocenters. The lowest BCUT2D eigenvalue weighted by Crippen LogP contribution is -2.49. The Hall–Kier alpha value is -2.80. The molecule has 2 aromatic rings. The standard InChI is InChI=1S/C23H37N3O2.C8H8F2/c1-17(27)24-14-7-15-25-23(12-10-21(11-13-23)26-18(2)28)20-9-6-8-19(16-20)22(3,4)5;1-2-6-3-7(9)5-8(10)4-6/h6,8-9,16,21,25H,7,10-15H2,1-5H3,(H,24,27)(H,26,28);3-5H,2H2,1H3. The molecule has 3 rings (SSSR count). The van der Waals surface area contributed by atoms with Gasteiger partial charge < -0.3 is 16.0 Å². The third kappa shape index (κ3) is 10.2. The fourth-order valence-electron chi connectivity index (χ4n) is 4.89. The molecule has 0 radical (unpaired) electrons. The van der Waals surface area contributed by atoms with Gasteiger partial charge in [-0.2, -0.15) is 0 Å². The lowest BCUT2D eigenvalue weighted by atomic mass is 9.73. The number of amides is 2. The van der Waals surface area contributed by atoms with E-state index in [0.29, 0.717) is 18.5 Å². The van der Waals surface area contributed by atoms with Gasteiger partial charge in [-0.15, -0.1) is 0 Å². The lowest BCUT2D eigenvalue weighted by molar-refractivity contribution is -0.120. The van der Waals surface area contributed by atoms with Crippen LogP contribution in [0.3, 0.4) is 0 Å². The Labute approximate surface area is 227 Å². The molecule has 38 heavy (non-hydrogen) atoms. The van der Waals surface area contributed by atoms with Gasteiger partial charge in [0.05, 0.1) is 0 Å². The molecule has 0 aliphatic heterocycles. The van der Waals surface area contributed by atoms with Crippen molar-refractivity contribution in [2.75, 3.05) is 13.1 Å². The van der Waals surface area contributed by atoms with Gasteiger partial charge in [0.25, 0.3) is 0 Å². The zero-order chi connectivity index (χ0) is 28.3. The third-order valence-electron chi connectivity index (χ3n) is 7.05. The number of carbonyl (C=O) groups excluding carboxylic acids is 2. The molecule has 2 amide bonds. The predicted molar refractivity (Wildman–Crippen MR) is 150 cm³/mol. The monoisotopic (exact) mass is 529 g/mol. The molecule has 0 bridgehead atoms. The van der Waals surface area contributed by atoms with Gasteiger partial charge in [0.2, 0.25) is 11.8 Å². The van der Waals surface area contributed by atoms with Crippen LogP contribution in [0.25, 0.3) is 0 Å². The average molecular weight is 530 g/mol. The van der Waals surface area contributed by atoms with Gasteiger partial charge in [-0.3, -0.25) is 9.59 Å². The van der Waals surface area contributed by atoms with Crippen molar-refractivity contribution in [1.82, 2.24) is 16.0 Å². The molecule has 1 aliphatic rings. The quantitative estimate of drug-likeness (QED) is 0.373. The molecule has 1 fully saturated rings. The molecule has 0 saturated heterocycles. The Morgan fingerprint density at radius 3 is 2.11 bits per heavy atom. The maximum Gasteiger partial charge on any atom is 0.217 e. The molecule has 7 heteroatoms. The summed E-state index contributed by atoms with van der Waals surface area (Å²) in [6.07, 6.45) is 5.48. The van der Waals surface area contributed by atoms with E-state index in [9.17, 15) is 18.4 Å². The Morgan fingerprint density at radius 1 is 0.947 bits per heavy atom. The highest BCUT2D eigenvalue weighted by Gasteiger charge is 2.37. The Bertz CT molecular complexity index is 1040. The van der Waals surface area contributed by atoms with E-state index in [1.807, 2.05) is 6.92 Å². The van der Waals surface area contributed by atoms with E-state index in [2.05, 4.69) is 61.0 Å². The summed E-state index contributed by atoms with van der Waals surface area (Å²) in [5.41, 5.74) is 3.40. The first-order valence-corrected chi connectivity index (χ1v) is 13.7. The summed E-state index contributed by atoms with van der Waals surface area (Å²) in [4.78, 5) is 22.5. The number of hydrogen-bond donors (Lipinski definition) is 3. The van der Waals surface area contributed by atoms with E-state index >= 15 is 0 Å². The molecule has 0 aromatic heterocycles. The zero-order valence-corrected chi connectivity index (χ0v) is 23.8. The van der Waals surface area contributed by atoms with Gasteiger partial charge in [-0.1, -0.05) is 52.0 Å². The van der Waals surface area contributed by atoms with Crippen LogP contribution in [0, 0.1) is 11.6 Å². The summed E-state index contributed by atoms with van der Waals surface area (Å²) in [7, 11) is 0. The number of aryl methyl sites for hydroxylation is 1. The smallest absolute Gasteiger partial charge is 0.217 e. The van der Waals surface area contributed by atoms with Crippen LogP contribution in [-0.4, -0.2) is 30.9 Å². The first-order chi connectivity index (χ1) is 17.8. The van der Waals surface area contributed by atoms with Crippen molar-refractivity contribution in [3.8, 4) is 0 Å². The summed E-state index contributed by atoms with van der Waals surface area (Å²) in [5, 5.41) is 9.76. The molecule has 2 aromatic carbocycles. The van der Waals surface area contributed by atoms with E-state index in [1.165, 1.54) is 23.3 Å². The van der Waals surface area contributed by atoms with Crippen LogP contribution < -0.4 is 16.0 Å². The second kappa shape index (κ2) is 14.4. The van der Waals surface area contributed by atoms with Crippen LogP contribution in [0.1, 0.15) is 90.3 Å². The minimum Gasteiger partial charge on any atom is -0.356 e. The van der Waals surface area contributed by atoms with Gasteiger partial charge in [-0.05, 0) is 79.3 Å². The fraction of sp³-hybridized carbons (Fsp3) is 0.548. The van der Waals surface area contributed by atoms with Crippen LogP contribution >= 0.6 is 0 Å². The largest absolute Gasteiger partial charge is 0.356 e. The SMILES string of the molecule is CC(=O)NCCCNC1(c2cccc(C(C)(C)C)c2)CCC(NC(C)=O)CC1.CCc1cc(F)cc(F)c1. The maximum absolute atomic E-state index is 12.4. The Morgan fingerprint density at radius 2 is 1.58 bits per heavy atom. The van der Waals surface area contributed by atoms with Crippen molar-refractivity contribution in [1.29, 1.82) is 0 Å². The lowest BCUT2D eigenvalue weighted by Gasteiger charge is -2.42. The summed E-state index contributed by atoms with van der Waals surface area (Å²) in [5.74, 6) is -0.937. The van der Waals surface area contributed by atoms with Gasteiger partial charge in [0, 0.05) is 38.0 Å². The molecule has 1 saturated carbocycles. The van der Waals surface area contributed by atoms with E-state index in [0.717, 1.165) is 44.7 Å². The summed E-state index contributed by atoms with van der Waals surface area (Å²) in [6, 6.07) is 12.8. The second-order valence-corrected chi connectivity index (χ2v) is 11.3. The summed E-state index contributed by atoms with van der Waals surface area (Å²) in [6.45, 7) is 13.3. The van der Waals surface area contributed by atoms with Gasteiger partial charge in [-0.25, -0.2) is 8.78 Å². The second-order valence-electron chi connectivity index (χ2n) is 11.3. The molecule has 0 unspecified atom stereocenters. The average Bonchev–Trinajstić information content (AvgIpc) is 2.84. The van der Waals surface area contributed by atoms with Crippen molar-refractivity contribution < 1.29 is 18.4 Å². The topological polar surface area (TPSA) is 70.2 Å². The number of halogens is 2. The first-order valence-electron chi connectivity index (χ1n) is 13.7. The van der Waals surface area contributed by atoms with Gasteiger partial charge >= 0.3 is 0 Å². The number of rotatable bonds is 8. The number of carbonyl (C=O) groups is 2. The Kier molecular flexibility index (Phi) is 11.9. The van der Waals surface area contributed by atoms with E-state index in [1.54, 1.807) is 13.8 Å². The highest BCUT2D eigenvalue weighted by molar-refractivity contribution is 5.73. The first kappa shape index (κ1) is 31.4. The summed E-state index contributed by atoms with van der Waals surface area (Å²) >= 11 is 0. The highest BCUT2D eigenvalue weighted by Crippen LogP contribution is 2.38. The number of hydrogen-bond acceptors (Lipinski definition) is 3. The highest BCUT2D eigenvalue weighted by atomic mass is 19.1. The van der Waals surface area contributed by atoms with Crippen molar-refractivity contribution in [3.63, 3.8) is 0 Å². The van der Waals surface area contributed by atoms with Crippen LogP contribution in [0.4, 0.5) is 8.78 Å². The number of nitrogens with one attached hydrogen (secondary N) is 3. The van der Waals surface area contributed by atoms with Crippen LogP contribution in [-0.2, 0) is 27.0 Å². The molecule has 210 valence electrons. The van der Waals surface area contributed by atoms with Crippen molar-refractivity contribution in [2.45, 2.75) is 97.1 Å². The van der Waals surface area contributed by atoms with E-state index in [4.69, 9.17) is 0 Å². The summed E-state index contributed by atoms with van der Waals surface area (Å²) < 4.78 is 24.8. The normalized spacial score (nSPS) is 19.2. The minimum absolute atomic E-state index is 0.0170. The fourth-order valence-corrected chi connectivity index (χ4v) is 4.89. The minimum atomic E-state index is -0.503. The third-order valence-corrected chi connectivity index (χ3v) is 7.05. The van der Waals surface area contributed by atoms with Crippen LogP contribution in [0.2, 0.25) is 0 Å². The molecule has 0 spiro atoms. The molecular formula is C31H45F2N3O2. The Balaban J connectivity index is 0.000000423. The molecule has 3 N–H and O–H groups in total. The molecule has 0 heterocycles. The molecule has 1 aliphatic carbocycles. The zero-order valence-electron chi connectivity index (χ0n) is 23.8. The van der Waals surface area contributed by atoms with Crippen molar-refractivity contribution >= 4 is 11.8 Å². The van der Waals surface area contributed by atoms with Crippen LogP contribution in [0.15, 0.2) is 42.5 Å². The van der Waals surface area contributed by atoms with E-state index < -0.39 is 11.6 Å². The van der Waals surface area contributed by atoms with Crippen LogP contribution in [0.5, 0.6) is 0 Å². The predicted octanol–water partition coefficient (Wildman–Crippen LogP) is 5.90. The van der Waals surface area contributed by atoms with Crippen molar-refractivity contribution in [2.24, 2.45) is 0 Å². The number of benzene rings is 2. The van der Waals surface area contributed by atoms with Crippen molar-refractivity contribution in [3.05, 3.63) is 70.8 Å². The van der Waals surface area contributed by atoms with E-state index in [-0.39, 0.29) is 28.8 Å². The van der Waals surface area contributed by atoms with Gasteiger partial charge in [0.15, 0.2) is 0 Å². The molecular weight excluding hydrogens is 484 g/mol. The maximum atomic E-state index is 12.4.